The quantitative estimate of drug-likeness (QED) is 0.793. The van der Waals surface area contributed by atoms with Gasteiger partial charge in [0.25, 0.3) is 0 Å². The first-order valence-corrected chi connectivity index (χ1v) is 6.97. The Kier molecular flexibility index (Phi) is 5.76. The van der Waals surface area contributed by atoms with E-state index >= 15 is 0 Å². The fourth-order valence-electron chi connectivity index (χ4n) is 1.85. The Hall–Kier alpha value is -1.13. The van der Waals surface area contributed by atoms with Crippen LogP contribution in [0.25, 0.3) is 0 Å². The number of rotatable bonds is 7. The van der Waals surface area contributed by atoms with E-state index in [0.29, 0.717) is 12.6 Å². The van der Waals surface area contributed by atoms with E-state index in [1.807, 2.05) is 26.1 Å². The van der Waals surface area contributed by atoms with Gasteiger partial charge in [-0.2, -0.15) is 0 Å². The van der Waals surface area contributed by atoms with E-state index < -0.39 is 5.60 Å². The Bertz CT molecular complexity index is 368. The number of hydrogen-bond donors (Lipinski definition) is 2. The van der Waals surface area contributed by atoms with Crippen LogP contribution in [0.15, 0.2) is 18.3 Å². The molecule has 1 heterocycles. The molecule has 0 aliphatic rings. The summed E-state index contributed by atoms with van der Waals surface area (Å²) in [6, 6.07) is 4.58. The van der Waals surface area contributed by atoms with Gasteiger partial charge in [-0.1, -0.05) is 19.9 Å². The average Bonchev–Trinajstić information content (AvgIpc) is 2.33. The van der Waals surface area contributed by atoms with Gasteiger partial charge in [0, 0.05) is 31.9 Å². The van der Waals surface area contributed by atoms with Crippen LogP contribution in [-0.4, -0.2) is 34.8 Å². The summed E-state index contributed by atoms with van der Waals surface area (Å²) < 4.78 is 0. The van der Waals surface area contributed by atoms with E-state index in [4.69, 9.17) is 0 Å². The molecule has 0 atom stereocenters. The Morgan fingerprint density at radius 1 is 1.37 bits per heavy atom. The molecule has 4 heteroatoms. The van der Waals surface area contributed by atoms with Gasteiger partial charge in [0.05, 0.1) is 5.60 Å². The van der Waals surface area contributed by atoms with E-state index in [-0.39, 0.29) is 0 Å². The van der Waals surface area contributed by atoms with Crippen LogP contribution in [0.5, 0.6) is 0 Å². The summed E-state index contributed by atoms with van der Waals surface area (Å²) in [6.07, 6.45) is 1.90. The molecule has 19 heavy (non-hydrogen) atoms. The molecule has 0 amide bonds. The molecule has 0 bridgehead atoms. The Labute approximate surface area is 116 Å². The van der Waals surface area contributed by atoms with Gasteiger partial charge in [-0.3, -0.25) is 0 Å². The molecule has 0 saturated carbocycles. The van der Waals surface area contributed by atoms with Crippen LogP contribution in [-0.2, 0) is 6.54 Å². The predicted octanol–water partition coefficient (Wildman–Crippen LogP) is 2.18. The Morgan fingerprint density at radius 3 is 2.47 bits per heavy atom. The zero-order chi connectivity index (χ0) is 14.5. The SMILES string of the molecule is CCN(CC(C)(C)O)c1ccc(CNC(C)C)cn1. The topological polar surface area (TPSA) is 48.4 Å². The van der Waals surface area contributed by atoms with Gasteiger partial charge in [0.15, 0.2) is 0 Å². The number of hydrogen-bond acceptors (Lipinski definition) is 4. The molecule has 0 spiro atoms. The van der Waals surface area contributed by atoms with Crippen LogP contribution >= 0.6 is 0 Å². The van der Waals surface area contributed by atoms with E-state index in [9.17, 15) is 5.11 Å². The number of pyridine rings is 1. The molecular weight excluding hydrogens is 238 g/mol. The molecule has 0 aromatic carbocycles. The monoisotopic (exact) mass is 265 g/mol. The minimum absolute atomic E-state index is 0.474. The highest BCUT2D eigenvalue weighted by atomic mass is 16.3. The fraction of sp³-hybridized carbons (Fsp3) is 0.667. The third-order valence-corrected chi connectivity index (χ3v) is 2.81. The molecule has 1 aromatic heterocycles. The number of nitrogens with one attached hydrogen (secondary N) is 1. The highest BCUT2D eigenvalue weighted by Crippen LogP contribution is 2.15. The predicted molar refractivity (Wildman–Crippen MR) is 80.4 cm³/mol. The third kappa shape index (κ3) is 6.03. The minimum Gasteiger partial charge on any atom is -0.389 e. The Balaban J connectivity index is 2.68. The maximum absolute atomic E-state index is 9.90. The molecule has 0 aliphatic heterocycles. The maximum Gasteiger partial charge on any atom is 0.128 e. The van der Waals surface area contributed by atoms with E-state index in [1.54, 1.807) is 0 Å². The fourth-order valence-corrected chi connectivity index (χ4v) is 1.85. The van der Waals surface area contributed by atoms with Crippen molar-refractivity contribution in [3.63, 3.8) is 0 Å². The van der Waals surface area contributed by atoms with E-state index in [0.717, 1.165) is 18.9 Å². The molecule has 4 nitrogen and oxygen atoms in total. The molecule has 1 rings (SSSR count). The van der Waals surface area contributed by atoms with Crippen molar-refractivity contribution < 1.29 is 5.11 Å². The van der Waals surface area contributed by atoms with Gasteiger partial charge < -0.3 is 15.3 Å². The summed E-state index contributed by atoms with van der Waals surface area (Å²) in [7, 11) is 0. The van der Waals surface area contributed by atoms with Gasteiger partial charge >= 0.3 is 0 Å². The molecule has 0 saturated heterocycles. The molecule has 1 aromatic rings. The van der Waals surface area contributed by atoms with Gasteiger partial charge in [0.1, 0.15) is 5.82 Å². The van der Waals surface area contributed by atoms with E-state index in [2.05, 4.69) is 42.0 Å². The zero-order valence-corrected chi connectivity index (χ0v) is 12.8. The molecule has 0 aliphatic carbocycles. The third-order valence-electron chi connectivity index (χ3n) is 2.81. The second kappa shape index (κ2) is 6.87. The van der Waals surface area contributed by atoms with Crippen LogP contribution in [0.4, 0.5) is 5.82 Å². The lowest BCUT2D eigenvalue weighted by molar-refractivity contribution is 0.0874. The smallest absolute Gasteiger partial charge is 0.128 e. The number of likely N-dealkylation sites (N-methyl/N-ethyl adjacent to an activating group) is 1. The first-order chi connectivity index (χ1) is 8.81. The van der Waals surface area contributed by atoms with Crippen molar-refractivity contribution in [3.8, 4) is 0 Å². The van der Waals surface area contributed by atoms with Gasteiger partial charge in [-0.05, 0) is 32.4 Å². The number of anilines is 1. The summed E-state index contributed by atoms with van der Waals surface area (Å²) >= 11 is 0. The second-order valence-corrected chi connectivity index (χ2v) is 5.89. The van der Waals surface area contributed by atoms with Gasteiger partial charge in [0.2, 0.25) is 0 Å². The number of aliphatic hydroxyl groups is 1. The van der Waals surface area contributed by atoms with E-state index in [1.165, 1.54) is 5.56 Å². The van der Waals surface area contributed by atoms with Crippen LogP contribution in [0, 0.1) is 0 Å². The van der Waals surface area contributed by atoms with Crippen molar-refractivity contribution in [3.05, 3.63) is 23.9 Å². The second-order valence-electron chi connectivity index (χ2n) is 5.89. The molecule has 2 N–H and O–H groups in total. The number of aromatic nitrogens is 1. The zero-order valence-electron chi connectivity index (χ0n) is 12.8. The molecular formula is C15H27N3O. The molecule has 0 radical (unpaired) electrons. The molecule has 0 unspecified atom stereocenters. The molecule has 108 valence electrons. The summed E-state index contributed by atoms with van der Waals surface area (Å²) in [5, 5.41) is 13.3. The lowest BCUT2D eigenvalue weighted by Crippen LogP contribution is -2.39. The highest BCUT2D eigenvalue weighted by molar-refractivity contribution is 5.39. The van der Waals surface area contributed by atoms with Crippen LogP contribution in [0.1, 0.15) is 40.2 Å². The number of nitrogens with zero attached hydrogens (tertiary/aromatic N) is 2. The summed E-state index contributed by atoms with van der Waals surface area (Å²) in [5.41, 5.74) is 0.465. The van der Waals surface area contributed by atoms with Crippen molar-refractivity contribution in [1.82, 2.24) is 10.3 Å². The summed E-state index contributed by atoms with van der Waals surface area (Å²) in [4.78, 5) is 6.57. The minimum atomic E-state index is -0.713. The van der Waals surface area contributed by atoms with Crippen molar-refractivity contribution in [2.75, 3.05) is 18.0 Å². The van der Waals surface area contributed by atoms with Crippen molar-refractivity contribution in [2.24, 2.45) is 0 Å². The van der Waals surface area contributed by atoms with Crippen molar-refractivity contribution in [1.29, 1.82) is 0 Å². The average molecular weight is 265 g/mol. The van der Waals surface area contributed by atoms with Crippen molar-refractivity contribution >= 4 is 5.82 Å². The van der Waals surface area contributed by atoms with Gasteiger partial charge in [-0.15, -0.1) is 0 Å². The first-order valence-electron chi connectivity index (χ1n) is 6.97. The molecule has 0 fully saturated rings. The summed E-state index contributed by atoms with van der Waals surface area (Å²) in [6.45, 7) is 12.2. The lowest BCUT2D eigenvalue weighted by atomic mass is 10.1. The lowest BCUT2D eigenvalue weighted by Gasteiger charge is -2.29. The van der Waals surface area contributed by atoms with Crippen LogP contribution in [0.2, 0.25) is 0 Å². The highest BCUT2D eigenvalue weighted by Gasteiger charge is 2.18. The van der Waals surface area contributed by atoms with Crippen LogP contribution < -0.4 is 10.2 Å². The largest absolute Gasteiger partial charge is 0.389 e. The maximum atomic E-state index is 9.90. The normalized spacial score (nSPS) is 11.9. The van der Waals surface area contributed by atoms with Crippen LogP contribution in [0.3, 0.4) is 0 Å². The standard InChI is InChI=1S/C15H27N3O/c1-6-18(11-15(4,5)19)14-8-7-13(10-17-14)9-16-12(2)3/h7-8,10,12,16,19H,6,9,11H2,1-5H3. The van der Waals surface area contributed by atoms with Crippen molar-refractivity contribution in [2.45, 2.75) is 52.8 Å². The van der Waals surface area contributed by atoms with Gasteiger partial charge in [-0.25, -0.2) is 4.98 Å². The first kappa shape index (κ1) is 15.9. The Morgan fingerprint density at radius 2 is 2.05 bits per heavy atom. The summed E-state index contributed by atoms with van der Waals surface area (Å²) in [5.74, 6) is 0.915.